The fourth-order valence-corrected chi connectivity index (χ4v) is 7.57. The first-order valence-electron chi connectivity index (χ1n) is 16.8. The van der Waals surface area contributed by atoms with Gasteiger partial charge in [-0.2, -0.15) is 0 Å². The van der Waals surface area contributed by atoms with Crippen molar-refractivity contribution < 1.29 is 32.2 Å². The quantitative estimate of drug-likeness (QED) is 0.158. The Morgan fingerprint density at radius 2 is 1.92 bits per heavy atom. The van der Waals surface area contributed by atoms with Crippen LogP contribution in [0.1, 0.15) is 23.7 Å². The fourth-order valence-electron chi connectivity index (χ4n) is 6.63. The Morgan fingerprint density at radius 3 is 2.67 bits per heavy atom. The normalized spacial score (nSPS) is 16.4. The number of thiophene rings is 1. The zero-order valence-corrected chi connectivity index (χ0v) is 29.9. The molecule has 4 aromatic rings. The number of benzene rings is 2. The van der Waals surface area contributed by atoms with Gasteiger partial charge in [0.25, 0.3) is 0 Å². The van der Waals surface area contributed by atoms with Crippen LogP contribution in [0.4, 0.5) is 13.2 Å². The van der Waals surface area contributed by atoms with E-state index in [-0.39, 0.29) is 65.2 Å². The monoisotopic (exact) mass is 732 g/mol. The minimum Gasteiger partial charge on any atom is -0.490 e. The van der Waals surface area contributed by atoms with E-state index in [2.05, 4.69) is 16.9 Å². The van der Waals surface area contributed by atoms with Crippen molar-refractivity contribution >= 4 is 44.6 Å². The number of nitrogens with one attached hydrogen (secondary N) is 1. The molecule has 2 aromatic carbocycles. The molecule has 0 spiro atoms. The second-order valence-electron chi connectivity index (χ2n) is 12.5. The van der Waals surface area contributed by atoms with Gasteiger partial charge in [-0.05, 0) is 42.7 Å². The average molecular weight is 733 g/mol. The number of pyridine rings is 1. The zero-order valence-electron chi connectivity index (χ0n) is 29.1. The Hall–Kier alpha value is -5.05. The Kier molecular flexibility index (Phi) is 11.1. The molecule has 4 heterocycles. The molecule has 0 radical (unpaired) electrons. The number of carbonyl (C=O) groups excluding carboxylic acids is 2. The fraction of sp³-hybridized carbons (Fsp3) is 0.316. The second kappa shape index (κ2) is 15.7. The van der Waals surface area contributed by atoms with Gasteiger partial charge in [0, 0.05) is 67.8 Å². The van der Waals surface area contributed by atoms with Crippen LogP contribution >= 0.6 is 11.3 Å². The molecule has 0 bridgehead atoms. The van der Waals surface area contributed by atoms with Gasteiger partial charge in [-0.3, -0.25) is 19.5 Å². The molecule has 3 N–H and O–H groups in total. The van der Waals surface area contributed by atoms with Crippen molar-refractivity contribution in [1.82, 2.24) is 20.1 Å². The first-order chi connectivity index (χ1) is 25.0. The summed E-state index contributed by atoms with van der Waals surface area (Å²) in [5, 5.41) is 4.01. The number of amides is 2. The molecule has 2 amide bonds. The summed E-state index contributed by atoms with van der Waals surface area (Å²) in [6.07, 6.45) is 3.52. The van der Waals surface area contributed by atoms with Gasteiger partial charge in [0.05, 0.1) is 58.8 Å². The smallest absolute Gasteiger partial charge is 0.246 e. The summed E-state index contributed by atoms with van der Waals surface area (Å²) < 4.78 is 58.3. The number of likely N-dealkylation sites (N-methyl/N-ethyl adjacent to an activating group) is 1. The van der Waals surface area contributed by atoms with Crippen molar-refractivity contribution in [2.24, 2.45) is 10.7 Å². The van der Waals surface area contributed by atoms with Gasteiger partial charge in [0.1, 0.15) is 29.8 Å². The third-order valence-electron chi connectivity index (χ3n) is 9.27. The molecule has 14 heteroatoms. The van der Waals surface area contributed by atoms with Gasteiger partial charge in [-0.25, -0.2) is 18.2 Å². The van der Waals surface area contributed by atoms with Crippen LogP contribution in [0.5, 0.6) is 5.75 Å². The van der Waals surface area contributed by atoms with E-state index < -0.39 is 23.5 Å². The van der Waals surface area contributed by atoms with Gasteiger partial charge >= 0.3 is 0 Å². The van der Waals surface area contributed by atoms with Gasteiger partial charge in [-0.1, -0.05) is 18.7 Å². The molecule has 0 unspecified atom stereocenters. The molecule has 272 valence electrons. The lowest BCUT2D eigenvalue weighted by Crippen LogP contribution is -2.46. The largest absolute Gasteiger partial charge is 0.490 e. The number of fused-ring (bicyclic) bond motifs is 2. The van der Waals surface area contributed by atoms with E-state index in [0.29, 0.717) is 53.9 Å². The Labute approximate surface area is 303 Å². The molecule has 2 aliphatic rings. The number of rotatable bonds is 11. The van der Waals surface area contributed by atoms with Crippen LogP contribution in [0.3, 0.4) is 0 Å². The number of nitrogens with two attached hydrogens (primary N) is 1. The summed E-state index contributed by atoms with van der Waals surface area (Å²) in [6, 6.07) is 7.11. The number of methoxy groups -OCH3 is 1. The summed E-state index contributed by atoms with van der Waals surface area (Å²) >= 11 is 1.10. The highest BCUT2D eigenvalue weighted by Gasteiger charge is 2.30. The molecule has 10 nitrogen and oxygen atoms in total. The molecule has 52 heavy (non-hydrogen) atoms. The van der Waals surface area contributed by atoms with E-state index in [1.54, 1.807) is 24.9 Å². The first kappa shape index (κ1) is 36.7. The summed E-state index contributed by atoms with van der Waals surface area (Å²) in [4.78, 5) is 38.0. The SMILES string of the molecule is C=CC(=O)N1CCN=C(/C=C(\N)c2nc(-c3ccc4c(c3)CN(CC(=O)NC)CC4)c3scc(F)c3c2-c2c(F)cc(F)cc2OCCOC)[C@H]1C. The molecular formula is C38H39F3N6O4S. The number of hydrogen-bond acceptors (Lipinski definition) is 9. The van der Waals surface area contributed by atoms with Gasteiger partial charge in [0.2, 0.25) is 11.8 Å². The van der Waals surface area contributed by atoms with Crippen molar-refractivity contribution in [1.29, 1.82) is 0 Å². The van der Waals surface area contributed by atoms with Crippen molar-refractivity contribution in [2.75, 3.05) is 53.6 Å². The van der Waals surface area contributed by atoms with Crippen LogP contribution in [-0.4, -0.2) is 91.9 Å². The summed E-state index contributed by atoms with van der Waals surface area (Å²) in [5.74, 6) is -3.09. The number of carbonyl (C=O) groups is 2. The average Bonchev–Trinajstić information content (AvgIpc) is 3.52. The highest BCUT2D eigenvalue weighted by atomic mass is 32.1. The first-order valence-corrected chi connectivity index (χ1v) is 17.6. The van der Waals surface area contributed by atoms with E-state index in [1.165, 1.54) is 18.6 Å². The molecule has 2 aromatic heterocycles. The second-order valence-corrected chi connectivity index (χ2v) is 13.4. The van der Waals surface area contributed by atoms with Crippen LogP contribution in [0.2, 0.25) is 0 Å². The number of aromatic nitrogens is 1. The van der Waals surface area contributed by atoms with E-state index in [0.717, 1.165) is 35.0 Å². The van der Waals surface area contributed by atoms with Crippen LogP contribution in [0.25, 0.3) is 38.2 Å². The van der Waals surface area contributed by atoms with E-state index in [4.69, 9.17) is 20.2 Å². The van der Waals surface area contributed by atoms with Crippen molar-refractivity contribution in [2.45, 2.75) is 25.9 Å². The van der Waals surface area contributed by atoms with Crippen molar-refractivity contribution in [3.8, 4) is 28.1 Å². The van der Waals surface area contributed by atoms with Crippen molar-refractivity contribution in [3.63, 3.8) is 0 Å². The van der Waals surface area contributed by atoms with E-state index in [1.807, 2.05) is 23.1 Å². The lowest BCUT2D eigenvalue weighted by atomic mass is 9.92. The van der Waals surface area contributed by atoms with Gasteiger partial charge in [0.15, 0.2) is 0 Å². The third kappa shape index (κ3) is 7.31. The standard InChI is InChI=1S/C38H39F3N6O4S/c1-5-32(49)47-11-9-44-29(21(47)2)17-28(42)37-35(33-26(40)15-25(39)16-30(33)51-13-12-50-4)34-27(41)20-52-38(34)36(45-37)23-7-6-22-8-10-46(18-24(22)14-23)19-31(48)43-3/h5-7,14-17,20-21H,1,8-13,18-19,42H2,2-4H3,(H,43,48)/b28-17-/t21-/m1/s1. The minimum atomic E-state index is -1.00. The maximum Gasteiger partial charge on any atom is 0.246 e. The third-order valence-corrected chi connectivity index (χ3v) is 10.2. The predicted molar refractivity (Wildman–Crippen MR) is 197 cm³/mol. The Morgan fingerprint density at radius 1 is 1.12 bits per heavy atom. The van der Waals surface area contributed by atoms with Crippen LogP contribution in [0, 0.1) is 17.5 Å². The van der Waals surface area contributed by atoms with E-state index >= 15 is 8.78 Å². The van der Waals surface area contributed by atoms with Gasteiger partial charge in [-0.15, -0.1) is 11.3 Å². The molecule has 0 fully saturated rings. The summed E-state index contributed by atoms with van der Waals surface area (Å²) in [7, 11) is 3.06. The molecule has 0 aliphatic carbocycles. The molecule has 1 atom stereocenters. The molecule has 2 aliphatic heterocycles. The Bertz CT molecular complexity index is 2120. The highest BCUT2D eigenvalue weighted by molar-refractivity contribution is 7.17. The van der Waals surface area contributed by atoms with Gasteiger partial charge < -0.3 is 25.4 Å². The Balaban J connectivity index is 1.58. The predicted octanol–water partition coefficient (Wildman–Crippen LogP) is 5.33. The van der Waals surface area contributed by atoms with Crippen molar-refractivity contribution in [3.05, 3.63) is 88.7 Å². The maximum atomic E-state index is 16.2. The molecule has 0 saturated carbocycles. The topological polar surface area (TPSA) is 122 Å². The zero-order chi connectivity index (χ0) is 37.1. The van der Waals surface area contributed by atoms with Crippen LogP contribution in [-0.2, 0) is 27.3 Å². The van der Waals surface area contributed by atoms with Crippen LogP contribution < -0.4 is 15.8 Å². The number of ether oxygens (including phenoxy) is 2. The molecule has 0 saturated heterocycles. The van der Waals surface area contributed by atoms with E-state index in [9.17, 15) is 14.0 Å². The van der Waals surface area contributed by atoms with Crippen LogP contribution in [0.15, 0.2) is 59.4 Å². The number of halogens is 3. The highest BCUT2D eigenvalue weighted by Crippen LogP contribution is 2.46. The summed E-state index contributed by atoms with van der Waals surface area (Å²) in [6.45, 7) is 7.65. The maximum absolute atomic E-state index is 16.2. The number of hydrogen-bond donors (Lipinski definition) is 2. The summed E-state index contributed by atoms with van der Waals surface area (Å²) in [5.41, 5.74) is 10.3. The minimum absolute atomic E-state index is 0.0166. The lowest BCUT2D eigenvalue weighted by Gasteiger charge is -2.31. The number of aliphatic imine (C=N–C) groups is 1. The molecule has 6 rings (SSSR count). The number of nitrogens with zero attached hydrogens (tertiary/aromatic N) is 4. The lowest BCUT2D eigenvalue weighted by molar-refractivity contribution is -0.127. The molecular weight excluding hydrogens is 694 g/mol.